The van der Waals surface area contributed by atoms with Crippen molar-refractivity contribution in [3.8, 4) is 0 Å². The van der Waals surface area contributed by atoms with Gasteiger partial charge in [0.2, 0.25) is 5.78 Å². The first-order valence-corrected chi connectivity index (χ1v) is 4.17. The summed E-state index contributed by atoms with van der Waals surface area (Å²) in [5, 5.41) is 8.64. The van der Waals surface area contributed by atoms with E-state index in [4.69, 9.17) is 5.11 Å². The fourth-order valence-electron chi connectivity index (χ4n) is 1.17. The number of carbonyl (C=O) groups is 1. The number of hydrogen-bond donors (Lipinski definition) is 1. The Labute approximate surface area is 80.2 Å². The molecule has 4 nitrogen and oxygen atoms in total. The van der Waals surface area contributed by atoms with Gasteiger partial charge >= 0.3 is 0 Å². The van der Waals surface area contributed by atoms with Crippen molar-refractivity contribution in [2.75, 3.05) is 6.61 Å². The summed E-state index contributed by atoms with van der Waals surface area (Å²) in [7, 11) is 0. The van der Waals surface area contributed by atoms with Gasteiger partial charge in [0.15, 0.2) is 0 Å². The summed E-state index contributed by atoms with van der Waals surface area (Å²) in [5.41, 5.74) is 1.60. The third kappa shape index (κ3) is 1.47. The lowest BCUT2D eigenvalue weighted by Gasteiger charge is -1.98. The Bertz CT molecular complexity index is 482. The number of aliphatic hydroxyl groups excluding tert-OH is 1. The van der Waals surface area contributed by atoms with Crippen molar-refractivity contribution in [1.29, 1.82) is 0 Å². The van der Waals surface area contributed by atoms with E-state index in [0.717, 1.165) is 5.52 Å². The van der Waals surface area contributed by atoms with Crippen LogP contribution in [0.15, 0.2) is 30.5 Å². The van der Waals surface area contributed by atoms with E-state index >= 15 is 0 Å². The molecule has 0 atom stereocenters. The Hall–Kier alpha value is -1.81. The normalized spacial score (nSPS) is 10.4. The van der Waals surface area contributed by atoms with Gasteiger partial charge in [-0.05, 0) is 12.1 Å². The van der Waals surface area contributed by atoms with Gasteiger partial charge in [-0.25, -0.2) is 4.98 Å². The Morgan fingerprint density at radius 1 is 1.29 bits per heavy atom. The molecule has 4 heteroatoms. The molecule has 1 aromatic carbocycles. The zero-order chi connectivity index (χ0) is 9.97. The predicted octanol–water partition coefficient (Wildman–Crippen LogP) is 0.805. The van der Waals surface area contributed by atoms with E-state index in [2.05, 4.69) is 9.97 Å². The van der Waals surface area contributed by atoms with Crippen LogP contribution in [0.1, 0.15) is 10.5 Å². The summed E-state index contributed by atoms with van der Waals surface area (Å²) >= 11 is 0. The van der Waals surface area contributed by atoms with Gasteiger partial charge in [-0.1, -0.05) is 12.1 Å². The monoisotopic (exact) mass is 188 g/mol. The van der Waals surface area contributed by atoms with Gasteiger partial charge in [-0.15, -0.1) is 0 Å². The second-order valence-electron chi connectivity index (χ2n) is 2.83. The first-order chi connectivity index (χ1) is 6.81. The van der Waals surface area contributed by atoms with Gasteiger partial charge in [0.25, 0.3) is 0 Å². The number of rotatable bonds is 2. The standard InChI is InChI=1S/C10H8N2O2/c13-6-10(14)9-5-11-7-3-1-2-4-8(7)12-9/h1-5,13H,6H2. The average molecular weight is 188 g/mol. The quantitative estimate of drug-likeness (QED) is 0.708. The molecule has 1 aromatic heterocycles. The number of benzene rings is 1. The summed E-state index contributed by atoms with van der Waals surface area (Å²) < 4.78 is 0. The zero-order valence-corrected chi connectivity index (χ0v) is 7.34. The second-order valence-corrected chi connectivity index (χ2v) is 2.83. The molecule has 2 rings (SSSR count). The Morgan fingerprint density at radius 2 is 2.00 bits per heavy atom. The van der Waals surface area contributed by atoms with Crippen LogP contribution in [-0.4, -0.2) is 27.5 Å². The van der Waals surface area contributed by atoms with E-state index in [-0.39, 0.29) is 5.69 Å². The molecule has 0 saturated carbocycles. The van der Waals surface area contributed by atoms with Gasteiger partial charge in [-0.3, -0.25) is 9.78 Å². The molecule has 70 valence electrons. The molecule has 2 aromatic rings. The lowest BCUT2D eigenvalue weighted by atomic mass is 10.2. The fourth-order valence-corrected chi connectivity index (χ4v) is 1.17. The third-order valence-electron chi connectivity index (χ3n) is 1.88. The number of hydrogen-bond acceptors (Lipinski definition) is 4. The molecular formula is C10H8N2O2. The van der Waals surface area contributed by atoms with E-state index < -0.39 is 12.4 Å². The summed E-state index contributed by atoms with van der Waals surface area (Å²) in [6.07, 6.45) is 1.38. The maximum absolute atomic E-state index is 11.1. The molecule has 0 saturated heterocycles. The number of aromatic nitrogens is 2. The highest BCUT2D eigenvalue weighted by Gasteiger charge is 2.06. The van der Waals surface area contributed by atoms with E-state index in [0.29, 0.717) is 5.52 Å². The number of carbonyl (C=O) groups excluding carboxylic acids is 1. The Kier molecular flexibility index (Phi) is 2.20. The van der Waals surface area contributed by atoms with Crippen LogP contribution in [0.4, 0.5) is 0 Å². The van der Waals surface area contributed by atoms with Crippen molar-refractivity contribution in [2.24, 2.45) is 0 Å². The third-order valence-corrected chi connectivity index (χ3v) is 1.88. The van der Waals surface area contributed by atoms with Gasteiger partial charge in [0.1, 0.15) is 12.3 Å². The number of para-hydroxylation sites is 2. The maximum Gasteiger partial charge on any atom is 0.208 e. The molecule has 0 bridgehead atoms. The minimum absolute atomic E-state index is 0.200. The first-order valence-electron chi connectivity index (χ1n) is 4.17. The van der Waals surface area contributed by atoms with Crippen LogP contribution < -0.4 is 0 Å². The largest absolute Gasteiger partial charge is 0.388 e. The number of nitrogens with zero attached hydrogens (tertiary/aromatic N) is 2. The van der Waals surface area contributed by atoms with Crippen LogP contribution in [0.3, 0.4) is 0 Å². The molecule has 0 amide bonds. The summed E-state index contributed by atoms with van der Waals surface area (Å²) in [6.45, 7) is -0.535. The molecule has 0 aliphatic carbocycles. The lowest BCUT2D eigenvalue weighted by molar-refractivity contribution is 0.0898. The van der Waals surface area contributed by atoms with Gasteiger partial charge in [0, 0.05) is 0 Å². The number of fused-ring (bicyclic) bond motifs is 1. The molecule has 0 unspecified atom stereocenters. The highest BCUT2D eigenvalue weighted by Crippen LogP contribution is 2.08. The van der Waals surface area contributed by atoms with Crippen LogP contribution in [0.2, 0.25) is 0 Å². The molecule has 14 heavy (non-hydrogen) atoms. The van der Waals surface area contributed by atoms with Crippen molar-refractivity contribution in [3.63, 3.8) is 0 Å². The van der Waals surface area contributed by atoms with Crippen molar-refractivity contribution in [2.45, 2.75) is 0 Å². The van der Waals surface area contributed by atoms with E-state index in [1.807, 2.05) is 18.2 Å². The summed E-state index contributed by atoms with van der Waals surface area (Å²) in [6, 6.07) is 7.26. The molecular weight excluding hydrogens is 180 g/mol. The number of ketones is 1. The van der Waals surface area contributed by atoms with E-state index in [1.54, 1.807) is 6.07 Å². The van der Waals surface area contributed by atoms with Crippen LogP contribution in [0.5, 0.6) is 0 Å². The van der Waals surface area contributed by atoms with Crippen LogP contribution >= 0.6 is 0 Å². The fraction of sp³-hybridized carbons (Fsp3) is 0.100. The van der Waals surface area contributed by atoms with Crippen molar-refractivity contribution < 1.29 is 9.90 Å². The maximum atomic E-state index is 11.1. The van der Waals surface area contributed by atoms with Crippen molar-refractivity contribution >= 4 is 16.8 Å². The molecule has 0 spiro atoms. The Morgan fingerprint density at radius 3 is 2.71 bits per heavy atom. The average Bonchev–Trinajstić information content (AvgIpc) is 2.27. The molecule has 1 N–H and O–H groups in total. The second kappa shape index (κ2) is 3.51. The predicted molar refractivity (Wildman–Crippen MR) is 51.0 cm³/mol. The van der Waals surface area contributed by atoms with Crippen molar-refractivity contribution in [1.82, 2.24) is 9.97 Å². The van der Waals surface area contributed by atoms with Gasteiger partial charge in [-0.2, -0.15) is 0 Å². The molecule has 0 fully saturated rings. The summed E-state index contributed by atoms with van der Waals surface area (Å²) in [5.74, 6) is -0.414. The van der Waals surface area contributed by atoms with Crippen LogP contribution in [0, 0.1) is 0 Å². The zero-order valence-electron chi connectivity index (χ0n) is 7.34. The topological polar surface area (TPSA) is 63.1 Å². The first kappa shape index (κ1) is 8.77. The highest BCUT2D eigenvalue weighted by molar-refractivity contribution is 5.96. The SMILES string of the molecule is O=C(CO)c1cnc2ccccc2n1. The smallest absolute Gasteiger partial charge is 0.208 e. The molecule has 0 radical (unpaired) electrons. The van der Waals surface area contributed by atoms with Gasteiger partial charge < -0.3 is 5.11 Å². The van der Waals surface area contributed by atoms with Crippen LogP contribution in [0.25, 0.3) is 11.0 Å². The van der Waals surface area contributed by atoms with Crippen LogP contribution in [-0.2, 0) is 0 Å². The van der Waals surface area contributed by atoms with E-state index in [9.17, 15) is 4.79 Å². The van der Waals surface area contributed by atoms with E-state index in [1.165, 1.54) is 6.20 Å². The molecule has 0 aliphatic rings. The minimum atomic E-state index is -0.535. The molecule has 0 aliphatic heterocycles. The van der Waals surface area contributed by atoms with Crippen molar-refractivity contribution in [3.05, 3.63) is 36.2 Å². The Balaban J connectivity index is 2.56. The number of aliphatic hydroxyl groups is 1. The lowest BCUT2D eigenvalue weighted by Crippen LogP contribution is -2.07. The number of Topliss-reactive ketones (excluding diaryl/α,β-unsaturated/α-hetero) is 1. The van der Waals surface area contributed by atoms with Gasteiger partial charge in [0.05, 0.1) is 17.2 Å². The summed E-state index contributed by atoms with van der Waals surface area (Å²) in [4.78, 5) is 19.2. The minimum Gasteiger partial charge on any atom is -0.388 e. The molecule has 1 heterocycles. The highest BCUT2D eigenvalue weighted by atomic mass is 16.3.